The van der Waals surface area contributed by atoms with Crippen molar-refractivity contribution in [1.82, 2.24) is 0 Å². The number of benzene rings is 1. The average molecular weight is 194 g/mol. The second-order valence-corrected chi connectivity index (χ2v) is 2.69. The van der Waals surface area contributed by atoms with Gasteiger partial charge < -0.3 is 16.2 Å². The van der Waals surface area contributed by atoms with E-state index in [0.29, 0.717) is 11.3 Å². The summed E-state index contributed by atoms with van der Waals surface area (Å²) in [6.45, 7) is -0.192. The second-order valence-electron chi connectivity index (χ2n) is 2.69. The van der Waals surface area contributed by atoms with Gasteiger partial charge in [-0.1, -0.05) is 6.07 Å². The van der Waals surface area contributed by atoms with Crippen molar-refractivity contribution in [3.8, 4) is 0 Å². The lowest BCUT2D eigenvalue weighted by Gasteiger charge is -2.03. The molecule has 0 radical (unpaired) electrons. The van der Waals surface area contributed by atoms with Gasteiger partial charge in [0.25, 0.3) is 0 Å². The predicted octanol–water partition coefficient (Wildman–Crippen LogP) is 0.282. The molecule has 5 nitrogen and oxygen atoms in total. The highest BCUT2D eigenvalue weighted by Crippen LogP contribution is 2.09. The molecule has 0 aliphatic rings. The van der Waals surface area contributed by atoms with Crippen molar-refractivity contribution in [2.24, 2.45) is 5.73 Å². The first-order chi connectivity index (χ1) is 6.59. The number of carboxylic acid groups (broad SMARTS) is 1. The summed E-state index contributed by atoms with van der Waals surface area (Å²) >= 11 is 0. The van der Waals surface area contributed by atoms with E-state index in [1.165, 1.54) is 6.07 Å². The zero-order valence-corrected chi connectivity index (χ0v) is 7.36. The van der Waals surface area contributed by atoms with E-state index in [2.05, 4.69) is 5.32 Å². The molecule has 74 valence electrons. The Kier molecular flexibility index (Phi) is 3.06. The van der Waals surface area contributed by atoms with Crippen molar-refractivity contribution in [1.29, 1.82) is 0 Å². The van der Waals surface area contributed by atoms with Crippen LogP contribution in [-0.4, -0.2) is 23.5 Å². The Balaban J connectivity index is 2.73. The van der Waals surface area contributed by atoms with E-state index in [1.807, 2.05) is 0 Å². The van der Waals surface area contributed by atoms with Crippen LogP contribution in [0.15, 0.2) is 24.3 Å². The van der Waals surface area contributed by atoms with Crippen LogP contribution in [0.3, 0.4) is 0 Å². The van der Waals surface area contributed by atoms with Crippen LogP contribution in [0.25, 0.3) is 0 Å². The smallest absolute Gasteiger partial charge is 0.322 e. The minimum absolute atomic E-state index is 0.192. The van der Waals surface area contributed by atoms with Gasteiger partial charge in [0.15, 0.2) is 0 Å². The molecule has 5 heteroatoms. The molecule has 1 rings (SSSR count). The highest BCUT2D eigenvalue weighted by molar-refractivity contribution is 5.93. The fourth-order valence-corrected chi connectivity index (χ4v) is 0.960. The highest BCUT2D eigenvalue weighted by Gasteiger charge is 2.01. The molecular formula is C9H10N2O3. The van der Waals surface area contributed by atoms with Gasteiger partial charge in [-0.3, -0.25) is 9.59 Å². The van der Waals surface area contributed by atoms with Gasteiger partial charge >= 0.3 is 5.97 Å². The number of amides is 1. The maximum absolute atomic E-state index is 10.8. The Labute approximate surface area is 80.5 Å². The minimum atomic E-state index is -0.963. The van der Waals surface area contributed by atoms with Crippen LogP contribution in [0.2, 0.25) is 0 Å². The Morgan fingerprint density at radius 2 is 2.14 bits per heavy atom. The third-order valence-electron chi connectivity index (χ3n) is 1.59. The molecule has 0 aliphatic heterocycles. The molecule has 0 heterocycles. The van der Waals surface area contributed by atoms with E-state index in [1.54, 1.807) is 18.2 Å². The van der Waals surface area contributed by atoms with Gasteiger partial charge in [0.2, 0.25) is 5.91 Å². The summed E-state index contributed by atoms with van der Waals surface area (Å²) in [5.74, 6) is -1.50. The Morgan fingerprint density at radius 1 is 1.43 bits per heavy atom. The summed E-state index contributed by atoms with van der Waals surface area (Å²) in [4.78, 5) is 21.0. The zero-order valence-electron chi connectivity index (χ0n) is 7.36. The molecule has 1 amide bonds. The third kappa shape index (κ3) is 2.78. The first-order valence-electron chi connectivity index (χ1n) is 3.95. The van der Waals surface area contributed by atoms with E-state index in [-0.39, 0.29) is 6.54 Å². The molecule has 0 saturated carbocycles. The Bertz CT molecular complexity index is 363. The maximum Gasteiger partial charge on any atom is 0.322 e. The number of primary amides is 1. The molecule has 0 spiro atoms. The van der Waals surface area contributed by atoms with Crippen LogP contribution in [0, 0.1) is 0 Å². The molecular weight excluding hydrogens is 184 g/mol. The monoisotopic (exact) mass is 194 g/mol. The van der Waals surface area contributed by atoms with Gasteiger partial charge in [-0.25, -0.2) is 0 Å². The van der Waals surface area contributed by atoms with Crippen molar-refractivity contribution in [3.63, 3.8) is 0 Å². The van der Waals surface area contributed by atoms with Crippen LogP contribution in [0.1, 0.15) is 10.4 Å². The van der Waals surface area contributed by atoms with Gasteiger partial charge in [-0.05, 0) is 18.2 Å². The minimum Gasteiger partial charge on any atom is -0.480 e. The standard InChI is InChI=1S/C9H10N2O3/c10-9(14)6-2-1-3-7(4-6)11-5-8(12)13/h1-4,11H,5H2,(H2,10,14)(H,12,13). The van der Waals surface area contributed by atoms with Crippen LogP contribution in [0.5, 0.6) is 0 Å². The van der Waals surface area contributed by atoms with Gasteiger partial charge in [-0.2, -0.15) is 0 Å². The number of aliphatic carboxylic acids is 1. The van der Waals surface area contributed by atoms with E-state index >= 15 is 0 Å². The first-order valence-corrected chi connectivity index (χ1v) is 3.95. The maximum atomic E-state index is 10.8. The number of hydrogen-bond acceptors (Lipinski definition) is 3. The number of carbonyl (C=O) groups excluding carboxylic acids is 1. The quantitative estimate of drug-likeness (QED) is 0.642. The molecule has 0 aromatic heterocycles. The number of anilines is 1. The van der Waals surface area contributed by atoms with Crippen LogP contribution in [-0.2, 0) is 4.79 Å². The lowest BCUT2D eigenvalue weighted by Crippen LogP contribution is -2.14. The molecule has 0 aliphatic carbocycles. The van der Waals surface area contributed by atoms with Crippen molar-refractivity contribution >= 4 is 17.6 Å². The first kappa shape index (κ1) is 10.0. The van der Waals surface area contributed by atoms with E-state index in [0.717, 1.165) is 0 Å². The number of hydrogen-bond donors (Lipinski definition) is 3. The van der Waals surface area contributed by atoms with Crippen molar-refractivity contribution in [2.45, 2.75) is 0 Å². The van der Waals surface area contributed by atoms with Gasteiger partial charge in [-0.15, -0.1) is 0 Å². The van der Waals surface area contributed by atoms with Crippen LogP contribution >= 0.6 is 0 Å². The molecule has 0 bridgehead atoms. The number of nitrogens with one attached hydrogen (secondary N) is 1. The molecule has 1 aromatic rings. The summed E-state index contributed by atoms with van der Waals surface area (Å²) < 4.78 is 0. The largest absolute Gasteiger partial charge is 0.480 e. The van der Waals surface area contributed by atoms with Gasteiger partial charge in [0.05, 0.1) is 0 Å². The van der Waals surface area contributed by atoms with Crippen LogP contribution < -0.4 is 11.1 Å². The molecule has 0 fully saturated rings. The lowest BCUT2D eigenvalue weighted by molar-refractivity contribution is -0.134. The topological polar surface area (TPSA) is 92.4 Å². The molecule has 1 aromatic carbocycles. The normalized spacial score (nSPS) is 9.43. The SMILES string of the molecule is NC(=O)c1cccc(NCC(=O)O)c1. The number of carboxylic acids is 1. The molecule has 0 saturated heterocycles. The number of nitrogens with two attached hydrogens (primary N) is 1. The summed E-state index contributed by atoms with van der Waals surface area (Å²) in [7, 11) is 0. The van der Waals surface area contributed by atoms with Gasteiger partial charge in [0, 0.05) is 11.3 Å². The zero-order chi connectivity index (χ0) is 10.6. The molecule has 0 atom stereocenters. The van der Waals surface area contributed by atoms with Crippen LogP contribution in [0.4, 0.5) is 5.69 Å². The second kappa shape index (κ2) is 4.27. The summed E-state index contributed by atoms with van der Waals surface area (Å²) in [5, 5.41) is 11.0. The lowest BCUT2D eigenvalue weighted by atomic mass is 10.2. The number of rotatable bonds is 4. The third-order valence-corrected chi connectivity index (χ3v) is 1.59. The van der Waals surface area contributed by atoms with Crippen molar-refractivity contribution in [2.75, 3.05) is 11.9 Å². The molecule has 4 N–H and O–H groups in total. The highest BCUT2D eigenvalue weighted by atomic mass is 16.4. The van der Waals surface area contributed by atoms with E-state index < -0.39 is 11.9 Å². The van der Waals surface area contributed by atoms with Crippen molar-refractivity contribution < 1.29 is 14.7 Å². The summed E-state index contributed by atoms with van der Waals surface area (Å²) in [5.41, 5.74) is 5.96. The van der Waals surface area contributed by atoms with Crippen molar-refractivity contribution in [3.05, 3.63) is 29.8 Å². The van der Waals surface area contributed by atoms with Gasteiger partial charge in [0.1, 0.15) is 6.54 Å². The summed E-state index contributed by atoms with van der Waals surface area (Å²) in [6, 6.07) is 6.36. The average Bonchev–Trinajstić information content (AvgIpc) is 2.15. The van der Waals surface area contributed by atoms with E-state index in [4.69, 9.17) is 10.8 Å². The molecule has 0 unspecified atom stereocenters. The number of carbonyl (C=O) groups is 2. The molecule has 14 heavy (non-hydrogen) atoms. The fraction of sp³-hybridized carbons (Fsp3) is 0.111. The predicted molar refractivity (Wildman–Crippen MR) is 51.1 cm³/mol. The Hall–Kier alpha value is -2.04. The van der Waals surface area contributed by atoms with E-state index in [9.17, 15) is 9.59 Å². The summed E-state index contributed by atoms with van der Waals surface area (Å²) in [6.07, 6.45) is 0. The fourth-order valence-electron chi connectivity index (χ4n) is 0.960. The Morgan fingerprint density at radius 3 is 2.71 bits per heavy atom.